The number of hydrogen-bond acceptors (Lipinski definition) is 6. The molecule has 0 spiro atoms. The van der Waals surface area contributed by atoms with E-state index < -0.39 is 17.6 Å². The minimum atomic E-state index is -0.623. The Bertz CT molecular complexity index is 1150. The first kappa shape index (κ1) is 28.8. The van der Waals surface area contributed by atoms with Gasteiger partial charge < -0.3 is 19.1 Å². The largest absolute Gasteiger partial charge is 0.497 e. The third-order valence-corrected chi connectivity index (χ3v) is 6.55. The molecule has 2 atom stereocenters. The lowest BCUT2D eigenvalue weighted by molar-refractivity contribution is -0.150. The number of likely N-dealkylation sites (tertiary alicyclic amines) is 1. The third-order valence-electron chi connectivity index (χ3n) is 6.55. The van der Waals surface area contributed by atoms with Gasteiger partial charge >= 0.3 is 18.1 Å². The van der Waals surface area contributed by atoms with Gasteiger partial charge in [-0.15, -0.1) is 0 Å². The number of anilines is 2. The van der Waals surface area contributed by atoms with Crippen molar-refractivity contribution in [2.24, 2.45) is 5.92 Å². The van der Waals surface area contributed by atoms with Crippen LogP contribution in [0.5, 0.6) is 5.75 Å². The first-order chi connectivity index (χ1) is 17.9. The molecule has 0 saturated carbocycles. The molecule has 0 aliphatic carbocycles. The van der Waals surface area contributed by atoms with Gasteiger partial charge in [-0.2, -0.15) is 0 Å². The second kappa shape index (κ2) is 12.2. The molecule has 1 aliphatic rings. The quantitative estimate of drug-likeness (QED) is 0.476. The molecule has 1 saturated heterocycles. The molecule has 0 unspecified atom stereocenters. The zero-order chi connectivity index (χ0) is 28.0. The topological polar surface area (TPSA) is 88.6 Å². The minimum absolute atomic E-state index is 0.239. The summed E-state index contributed by atoms with van der Waals surface area (Å²) in [5.41, 5.74) is 1.58. The normalized spacial score (nSPS) is 17.4. The van der Waals surface area contributed by atoms with Crippen molar-refractivity contribution in [3.05, 3.63) is 54.1 Å². The summed E-state index contributed by atoms with van der Waals surface area (Å²) in [6, 6.07) is 14.5. The Kier molecular flexibility index (Phi) is 9.25. The Balaban J connectivity index is 1.87. The second-order valence-electron chi connectivity index (χ2n) is 10.4. The summed E-state index contributed by atoms with van der Waals surface area (Å²) in [7, 11) is 4.99. The fourth-order valence-electron chi connectivity index (χ4n) is 4.54. The number of amides is 3. The van der Waals surface area contributed by atoms with Crippen LogP contribution >= 0.6 is 0 Å². The molecule has 0 bridgehead atoms. The number of piperidine rings is 1. The van der Waals surface area contributed by atoms with Gasteiger partial charge in [0.1, 0.15) is 11.4 Å². The average molecular weight is 526 g/mol. The Labute approximate surface area is 225 Å². The molecule has 1 aliphatic heterocycles. The summed E-state index contributed by atoms with van der Waals surface area (Å²) in [6.07, 6.45) is 0.0496. The number of carbonyl (C=O) groups excluding carboxylic acids is 3. The van der Waals surface area contributed by atoms with Crippen LogP contribution in [0.1, 0.15) is 45.6 Å². The molecule has 2 aromatic rings. The monoisotopic (exact) mass is 525 g/mol. The molecule has 3 amide bonds. The van der Waals surface area contributed by atoms with E-state index in [0.717, 1.165) is 5.56 Å². The number of methoxy groups -OCH3 is 1. The molecule has 9 heteroatoms. The van der Waals surface area contributed by atoms with Crippen molar-refractivity contribution in [2.45, 2.75) is 45.6 Å². The van der Waals surface area contributed by atoms with Crippen LogP contribution in [-0.4, -0.2) is 69.5 Å². The molecular formula is C29H39N3O6. The van der Waals surface area contributed by atoms with Crippen molar-refractivity contribution >= 4 is 29.5 Å². The molecular weight excluding hydrogens is 486 g/mol. The smallest absolute Gasteiger partial charge is 0.410 e. The van der Waals surface area contributed by atoms with Gasteiger partial charge in [0.25, 0.3) is 0 Å². The van der Waals surface area contributed by atoms with Gasteiger partial charge in [-0.3, -0.25) is 14.6 Å². The van der Waals surface area contributed by atoms with Crippen LogP contribution in [-0.2, 0) is 14.3 Å². The van der Waals surface area contributed by atoms with Crippen LogP contribution in [0.4, 0.5) is 21.0 Å². The zero-order valence-electron chi connectivity index (χ0n) is 23.4. The lowest BCUT2D eigenvalue weighted by Gasteiger charge is -2.38. The van der Waals surface area contributed by atoms with Crippen molar-refractivity contribution in [3.8, 4) is 5.75 Å². The highest BCUT2D eigenvalue weighted by molar-refractivity contribution is 6.03. The summed E-state index contributed by atoms with van der Waals surface area (Å²) in [6.45, 7) is 8.25. The molecule has 206 valence electrons. The van der Waals surface area contributed by atoms with Gasteiger partial charge in [0, 0.05) is 50.5 Å². The van der Waals surface area contributed by atoms with Crippen LogP contribution in [0.3, 0.4) is 0 Å². The van der Waals surface area contributed by atoms with Crippen LogP contribution in [0.2, 0.25) is 0 Å². The van der Waals surface area contributed by atoms with Gasteiger partial charge in [0.15, 0.2) is 0 Å². The van der Waals surface area contributed by atoms with Gasteiger partial charge in [0.2, 0.25) is 0 Å². The van der Waals surface area contributed by atoms with Crippen molar-refractivity contribution in [1.82, 2.24) is 4.90 Å². The van der Waals surface area contributed by atoms with Gasteiger partial charge in [0.05, 0.1) is 19.6 Å². The number of hydrogen-bond donors (Lipinski definition) is 0. The lowest BCUT2D eigenvalue weighted by atomic mass is 9.80. The van der Waals surface area contributed by atoms with Crippen molar-refractivity contribution in [2.75, 3.05) is 50.7 Å². The Morgan fingerprint density at radius 3 is 2.24 bits per heavy atom. The average Bonchev–Trinajstić information content (AvgIpc) is 2.90. The first-order valence-corrected chi connectivity index (χ1v) is 12.8. The highest BCUT2D eigenvalue weighted by atomic mass is 16.6. The van der Waals surface area contributed by atoms with E-state index in [1.165, 1.54) is 0 Å². The maximum atomic E-state index is 13.3. The van der Waals surface area contributed by atoms with E-state index in [4.69, 9.17) is 14.2 Å². The number of urea groups is 1. The summed E-state index contributed by atoms with van der Waals surface area (Å²) in [4.78, 5) is 43.8. The number of benzene rings is 2. The predicted octanol–water partition coefficient (Wildman–Crippen LogP) is 5.29. The summed E-state index contributed by atoms with van der Waals surface area (Å²) < 4.78 is 16.2. The fraction of sp³-hybridized carbons (Fsp3) is 0.483. The van der Waals surface area contributed by atoms with E-state index >= 15 is 0 Å². The maximum absolute atomic E-state index is 13.3. The summed E-state index contributed by atoms with van der Waals surface area (Å²) in [5, 5.41) is 0. The Hall–Kier alpha value is -3.75. The Morgan fingerprint density at radius 2 is 1.63 bits per heavy atom. The van der Waals surface area contributed by atoms with E-state index in [2.05, 4.69) is 0 Å². The second-order valence-corrected chi connectivity index (χ2v) is 10.4. The number of rotatable bonds is 6. The van der Waals surface area contributed by atoms with E-state index in [1.807, 2.05) is 63.2 Å². The van der Waals surface area contributed by atoms with Crippen LogP contribution in [0.15, 0.2) is 48.5 Å². The van der Waals surface area contributed by atoms with Crippen molar-refractivity contribution in [1.29, 1.82) is 0 Å². The molecule has 1 heterocycles. The van der Waals surface area contributed by atoms with E-state index in [-0.39, 0.29) is 24.5 Å². The van der Waals surface area contributed by atoms with E-state index in [0.29, 0.717) is 36.6 Å². The molecule has 3 rings (SSSR count). The third kappa shape index (κ3) is 6.96. The number of esters is 1. The van der Waals surface area contributed by atoms with Crippen molar-refractivity contribution in [3.63, 3.8) is 0 Å². The fourth-order valence-corrected chi connectivity index (χ4v) is 4.54. The first-order valence-electron chi connectivity index (χ1n) is 12.8. The SMILES string of the molecule is CCOC(=O)[C@@H]1CCN(C(=O)OC(C)(C)C)C[C@H]1c1cccc(N(C)C(=O)N(C)c2cccc(OC)c2)c1. The van der Waals surface area contributed by atoms with Crippen LogP contribution < -0.4 is 14.5 Å². The predicted molar refractivity (Wildman–Crippen MR) is 147 cm³/mol. The molecule has 9 nitrogen and oxygen atoms in total. The highest BCUT2D eigenvalue weighted by Gasteiger charge is 2.39. The summed E-state index contributed by atoms with van der Waals surface area (Å²) in [5.74, 6) is -0.350. The van der Waals surface area contributed by atoms with Gasteiger partial charge in [-0.25, -0.2) is 9.59 Å². The van der Waals surface area contributed by atoms with E-state index in [9.17, 15) is 14.4 Å². The van der Waals surface area contributed by atoms with Crippen molar-refractivity contribution < 1.29 is 28.6 Å². The Morgan fingerprint density at radius 1 is 1.00 bits per heavy atom. The molecule has 2 aromatic carbocycles. The molecule has 0 N–H and O–H groups in total. The van der Waals surface area contributed by atoms with Gasteiger partial charge in [-0.05, 0) is 63.9 Å². The molecule has 1 fully saturated rings. The minimum Gasteiger partial charge on any atom is -0.497 e. The van der Waals surface area contributed by atoms with Crippen LogP contribution in [0.25, 0.3) is 0 Å². The zero-order valence-corrected chi connectivity index (χ0v) is 23.4. The molecule has 38 heavy (non-hydrogen) atoms. The number of nitrogens with zero attached hydrogens (tertiary/aromatic N) is 3. The lowest BCUT2D eigenvalue weighted by Crippen LogP contribution is -2.47. The summed E-state index contributed by atoms with van der Waals surface area (Å²) >= 11 is 0. The standard InChI is InChI=1S/C29H39N3O6/c1-8-37-26(33)24-15-16-32(28(35)38-29(2,3)4)19-25(24)20-11-9-12-21(17-20)30(5)27(34)31(6)22-13-10-14-23(18-22)36-7/h9-14,17-18,24-25H,8,15-16,19H2,1-7H3/t24-,25+/m1/s1. The number of ether oxygens (including phenoxy) is 3. The molecule has 0 radical (unpaired) electrons. The van der Waals surface area contributed by atoms with Crippen LogP contribution in [0, 0.1) is 5.92 Å². The maximum Gasteiger partial charge on any atom is 0.410 e. The van der Waals surface area contributed by atoms with Gasteiger partial charge in [-0.1, -0.05) is 18.2 Å². The highest BCUT2D eigenvalue weighted by Crippen LogP contribution is 2.36. The molecule has 0 aromatic heterocycles. The number of carbonyl (C=O) groups is 3. The van der Waals surface area contributed by atoms with E-state index in [1.54, 1.807) is 48.9 Å².